The average Bonchev–Trinajstić information content (AvgIpc) is 3.17. The number of benzene rings is 3. The second-order valence-corrected chi connectivity index (χ2v) is 13.8. The van der Waals surface area contributed by atoms with Gasteiger partial charge in [-0.25, -0.2) is 0 Å². The number of rotatable bonds is 22. The van der Waals surface area contributed by atoms with Gasteiger partial charge in [0.1, 0.15) is 17.3 Å². The van der Waals surface area contributed by atoms with Crippen LogP contribution in [0, 0.1) is 0 Å². The van der Waals surface area contributed by atoms with Gasteiger partial charge >= 0.3 is 0 Å². The Morgan fingerprint density at radius 2 is 1.57 bits per heavy atom. The summed E-state index contributed by atoms with van der Waals surface area (Å²) in [5.41, 5.74) is 13.8. The van der Waals surface area contributed by atoms with Gasteiger partial charge in [0, 0.05) is 92.3 Å². The van der Waals surface area contributed by atoms with Crippen LogP contribution in [0.15, 0.2) is 90.2 Å². The highest BCUT2D eigenvalue weighted by atomic mass is 16.5. The van der Waals surface area contributed by atoms with Crippen molar-refractivity contribution in [1.82, 2.24) is 5.32 Å². The molecule has 3 aromatic rings. The monoisotopic (exact) mass is 725 g/mol. The maximum Gasteiger partial charge on any atom is 0.137 e. The summed E-state index contributed by atoms with van der Waals surface area (Å²) in [6.07, 6.45) is 10.0. The first kappa shape index (κ1) is 40.1. The van der Waals surface area contributed by atoms with Crippen molar-refractivity contribution < 1.29 is 28.8 Å². The highest BCUT2D eigenvalue weighted by Gasteiger charge is 2.30. The second kappa shape index (κ2) is 20.4. The summed E-state index contributed by atoms with van der Waals surface area (Å²) in [6, 6.07) is 20.8. The largest absolute Gasteiger partial charge is 0.507 e. The smallest absolute Gasteiger partial charge is 0.137 e. The Hall–Kier alpha value is -4.12. The number of nitrogens with one attached hydrogen (secondary N) is 1. The molecule has 2 unspecified atom stereocenters. The van der Waals surface area contributed by atoms with E-state index in [2.05, 4.69) is 91.7 Å². The van der Waals surface area contributed by atoms with Gasteiger partial charge in [-0.3, -0.25) is 0 Å². The SMILES string of the molecule is CCC(C)c1ccc(C2=C3C=CC(NC(CCOCCOC)CCOCCOC)C=C3Oc3cc(N(CC)CCc4ccc(N)cc4)ccc32)c(O)c1. The number of methoxy groups -OCH3 is 2. The van der Waals surface area contributed by atoms with Crippen molar-refractivity contribution in [2.24, 2.45) is 0 Å². The molecule has 53 heavy (non-hydrogen) atoms. The number of aromatic hydroxyl groups is 1. The molecule has 1 heterocycles. The van der Waals surface area contributed by atoms with E-state index in [1.807, 2.05) is 18.2 Å². The predicted molar refractivity (Wildman–Crippen MR) is 215 cm³/mol. The van der Waals surface area contributed by atoms with Crippen LogP contribution >= 0.6 is 0 Å². The lowest BCUT2D eigenvalue weighted by molar-refractivity contribution is 0.0538. The number of ether oxygens (including phenoxy) is 5. The van der Waals surface area contributed by atoms with Crippen LogP contribution in [-0.2, 0) is 25.4 Å². The number of fused-ring (bicyclic) bond motifs is 2. The maximum absolute atomic E-state index is 11.5. The number of phenolic OH excluding ortho intramolecular Hbond substituents is 1. The van der Waals surface area contributed by atoms with Crippen molar-refractivity contribution in [3.05, 3.63) is 112 Å². The van der Waals surface area contributed by atoms with E-state index in [-0.39, 0.29) is 17.8 Å². The zero-order valence-corrected chi connectivity index (χ0v) is 32.2. The Balaban J connectivity index is 1.44. The lowest BCUT2D eigenvalue weighted by atomic mass is 9.85. The van der Waals surface area contributed by atoms with Gasteiger partial charge in [-0.1, -0.05) is 50.3 Å². The number of nitrogen functional groups attached to an aromatic ring is 1. The summed E-state index contributed by atoms with van der Waals surface area (Å²) in [5, 5.41) is 15.3. The van der Waals surface area contributed by atoms with Crippen molar-refractivity contribution in [3.63, 3.8) is 0 Å². The highest BCUT2D eigenvalue weighted by Crippen LogP contribution is 2.47. The van der Waals surface area contributed by atoms with Gasteiger partial charge in [-0.05, 0) is 86.1 Å². The maximum atomic E-state index is 11.5. The van der Waals surface area contributed by atoms with E-state index in [1.165, 1.54) is 5.56 Å². The van der Waals surface area contributed by atoms with Crippen molar-refractivity contribution in [3.8, 4) is 11.5 Å². The first-order chi connectivity index (χ1) is 25.8. The number of nitrogens with zero attached hydrogens (tertiary/aromatic N) is 1. The van der Waals surface area contributed by atoms with Crippen LogP contribution in [0.5, 0.6) is 11.5 Å². The molecule has 5 rings (SSSR count). The number of allylic oxidation sites excluding steroid dienone is 1. The molecule has 4 N–H and O–H groups in total. The molecule has 0 radical (unpaired) electrons. The van der Waals surface area contributed by atoms with Crippen molar-refractivity contribution >= 4 is 16.9 Å². The summed E-state index contributed by atoms with van der Waals surface area (Å²) in [4.78, 5) is 2.37. The molecule has 286 valence electrons. The van der Waals surface area contributed by atoms with Gasteiger partial charge in [-0.15, -0.1) is 0 Å². The molecule has 0 saturated carbocycles. The Labute approximate surface area is 316 Å². The standard InChI is InChI=1S/C44H59N3O6/c1-6-31(3)33-10-15-38(41(48)28-33)44-39-16-13-36(46-35(19-22-51-26-24-49-4)20-23-52-27-25-50-5)29-42(39)53-43-30-37(14-17-40(43)44)47(7-2)21-18-32-8-11-34(45)12-9-32/h8-17,28-31,35-36,46,48H,6-7,18-27,45H2,1-5H3. The molecule has 2 atom stereocenters. The van der Waals surface area contributed by atoms with E-state index >= 15 is 0 Å². The molecule has 0 aromatic heterocycles. The van der Waals surface area contributed by atoms with Crippen molar-refractivity contribution in [2.45, 2.75) is 64.5 Å². The first-order valence-electron chi connectivity index (χ1n) is 19.1. The molecule has 3 aromatic carbocycles. The number of hydrogen-bond acceptors (Lipinski definition) is 9. The van der Waals surface area contributed by atoms with Gasteiger partial charge < -0.3 is 44.7 Å². The third-order valence-electron chi connectivity index (χ3n) is 10.2. The molecule has 2 aliphatic rings. The summed E-state index contributed by atoms with van der Waals surface area (Å²) >= 11 is 0. The molecule has 9 nitrogen and oxygen atoms in total. The number of likely N-dealkylation sites (N-methyl/N-ethyl adjacent to an activating group) is 1. The van der Waals surface area contributed by atoms with E-state index in [9.17, 15) is 5.11 Å². The van der Waals surface area contributed by atoms with Crippen LogP contribution in [0.4, 0.5) is 11.4 Å². The Morgan fingerprint density at radius 3 is 2.21 bits per heavy atom. The predicted octanol–water partition coefficient (Wildman–Crippen LogP) is 7.64. The topological polar surface area (TPSA) is 108 Å². The van der Waals surface area contributed by atoms with Crippen molar-refractivity contribution in [2.75, 3.05) is 77.6 Å². The minimum Gasteiger partial charge on any atom is -0.507 e. The number of anilines is 2. The van der Waals surface area contributed by atoms with Crippen LogP contribution in [0.1, 0.15) is 68.2 Å². The number of hydrogen-bond donors (Lipinski definition) is 3. The molecule has 0 spiro atoms. The minimum absolute atomic E-state index is 0.0730. The molecule has 1 aliphatic heterocycles. The normalized spacial score (nSPS) is 15.6. The van der Waals surface area contributed by atoms with Gasteiger partial charge in [-0.2, -0.15) is 0 Å². The number of phenols is 1. The first-order valence-corrected chi connectivity index (χ1v) is 19.1. The molecule has 0 bridgehead atoms. The molecule has 0 amide bonds. The summed E-state index contributed by atoms with van der Waals surface area (Å²) in [7, 11) is 3.36. The fraction of sp³-hybridized carbons (Fsp3) is 0.455. The quantitative estimate of drug-likeness (QED) is 0.0712. The molecule has 1 aliphatic carbocycles. The summed E-state index contributed by atoms with van der Waals surface area (Å²) < 4.78 is 28.8. The van der Waals surface area contributed by atoms with Gasteiger partial charge in [0.2, 0.25) is 0 Å². The zero-order valence-electron chi connectivity index (χ0n) is 32.2. The Bertz CT molecular complexity index is 1690. The minimum atomic E-state index is -0.0730. The van der Waals surface area contributed by atoms with E-state index in [0.29, 0.717) is 45.6 Å². The van der Waals surface area contributed by atoms with E-state index < -0.39 is 0 Å². The molecule has 0 fully saturated rings. The highest BCUT2D eigenvalue weighted by molar-refractivity contribution is 5.93. The number of nitrogens with two attached hydrogens (primary N) is 1. The van der Waals surface area contributed by atoms with E-state index in [4.69, 9.17) is 29.4 Å². The second-order valence-electron chi connectivity index (χ2n) is 13.8. The molecule has 0 saturated heterocycles. The van der Waals surface area contributed by atoms with Crippen molar-refractivity contribution in [1.29, 1.82) is 0 Å². The van der Waals surface area contributed by atoms with E-state index in [1.54, 1.807) is 14.2 Å². The van der Waals surface area contributed by atoms with Crippen LogP contribution in [0.3, 0.4) is 0 Å². The average molecular weight is 726 g/mol. The molecular formula is C44H59N3O6. The fourth-order valence-electron chi connectivity index (χ4n) is 6.79. The fourth-order valence-corrected chi connectivity index (χ4v) is 6.79. The third kappa shape index (κ3) is 11.0. The van der Waals surface area contributed by atoms with Gasteiger partial charge in [0.05, 0.1) is 26.4 Å². The van der Waals surface area contributed by atoms with Gasteiger partial charge in [0.25, 0.3) is 0 Å². The van der Waals surface area contributed by atoms with E-state index in [0.717, 1.165) is 89.5 Å². The van der Waals surface area contributed by atoms with Crippen LogP contribution in [0.25, 0.3) is 5.57 Å². The van der Waals surface area contributed by atoms with Gasteiger partial charge in [0.15, 0.2) is 0 Å². The lowest BCUT2D eigenvalue weighted by Crippen LogP contribution is -2.39. The molecule has 9 heteroatoms. The van der Waals surface area contributed by atoms with Crippen LogP contribution in [-0.4, -0.2) is 84.1 Å². The zero-order chi connectivity index (χ0) is 37.6. The Kier molecular flexibility index (Phi) is 15.4. The summed E-state index contributed by atoms with van der Waals surface area (Å²) in [6.45, 7) is 11.8. The molecular weight excluding hydrogens is 666 g/mol. The van der Waals surface area contributed by atoms with Crippen LogP contribution < -0.4 is 20.7 Å². The Morgan fingerprint density at radius 1 is 0.868 bits per heavy atom. The van der Waals surface area contributed by atoms with Crippen LogP contribution in [0.2, 0.25) is 0 Å². The summed E-state index contributed by atoms with van der Waals surface area (Å²) in [5.74, 6) is 2.17. The third-order valence-corrected chi connectivity index (χ3v) is 10.2. The lowest BCUT2D eigenvalue weighted by Gasteiger charge is -2.31.